The van der Waals surface area contributed by atoms with Crippen LogP contribution < -0.4 is 11.1 Å². The van der Waals surface area contributed by atoms with Crippen LogP contribution in [0.3, 0.4) is 0 Å². The van der Waals surface area contributed by atoms with Crippen molar-refractivity contribution in [2.75, 3.05) is 6.54 Å². The molecule has 1 unspecified atom stereocenters. The first-order valence-electron chi connectivity index (χ1n) is 4.62. The highest BCUT2D eigenvalue weighted by molar-refractivity contribution is 5.08. The molecule has 1 fully saturated rings. The van der Waals surface area contributed by atoms with Gasteiger partial charge in [-0.05, 0) is 38.4 Å². The first-order valence-corrected chi connectivity index (χ1v) is 4.62. The van der Waals surface area contributed by atoms with Crippen LogP contribution in [0.15, 0.2) is 24.4 Å². The Morgan fingerprint density at radius 3 is 3.08 bits per heavy atom. The van der Waals surface area contributed by atoms with Crippen LogP contribution in [0.5, 0.6) is 0 Å². The molecule has 2 nitrogen and oxygen atoms in total. The van der Waals surface area contributed by atoms with E-state index in [-0.39, 0.29) is 0 Å². The van der Waals surface area contributed by atoms with Gasteiger partial charge in [0.25, 0.3) is 0 Å². The number of hydrogen-bond donors (Lipinski definition) is 2. The third-order valence-corrected chi connectivity index (χ3v) is 2.32. The lowest BCUT2D eigenvalue weighted by Gasteiger charge is -2.12. The lowest BCUT2D eigenvalue weighted by atomic mass is 10.0. The molecule has 0 bridgehead atoms. The summed E-state index contributed by atoms with van der Waals surface area (Å²) in [5, 5.41) is 3.43. The molecule has 0 saturated carbocycles. The summed E-state index contributed by atoms with van der Waals surface area (Å²) in [6.07, 6.45) is 8.22. The highest BCUT2D eigenvalue weighted by atomic mass is 14.9. The zero-order chi connectivity index (χ0) is 8.81. The van der Waals surface area contributed by atoms with Gasteiger partial charge in [0.2, 0.25) is 0 Å². The van der Waals surface area contributed by atoms with Crippen LogP contribution in [-0.4, -0.2) is 12.6 Å². The Labute approximate surface area is 74.5 Å². The number of rotatable bonds is 4. The Morgan fingerprint density at radius 2 is 2.50 bits per heavy atom. The Kier molecular flexibility index (Phi) is 3.88. The minimum Gasteiger partial charge on any atom is -0.405 e. The topological polar surface area (TPSA) is 38.0 Å². The van der Waals surface area contributed by atoms with E-state index in [0.29, 0.717) is 6.04 Å². The fourth-order valence-corrected chi connectivity index (χ4v) is 1.57. The highest BCUT2D eigenvalue weighted by Crippen LogP contribution is 2.16. The Morgan fingerprint density at radius 1 is 1.67 bits per heavy atom. The fourth-order valence-electron chi connectivity index (χ4n) is 1.57. The minimum absolute atomic E-state index is 0.566. The standard InChI is InChI=1S/C10H18N2/c1-9(5-2-3-7-11)10-6-4-8-12-10/h3,7,10,12H,1-2,4-6,8,11H2/b7-3-. The monoisotopic (exact) mass is 166 g/mol. The molecule has 1 saturated heterocycles. The predicted octanol–water partition coefficient (Wildman–Crippen LogP) is 1.55. The Balaban J connectivity index is 2.18. The molecular formula is C10H18N2. The van der Waals surface area contributed by atoms with Crippen LogP contribution in [0, 0.1) is 0 Å². The molecule has 0 aromatic carbocycles. The van der Waals surface area contributed by atoms with Crippen molar-refractivity contribution in [3.63, 3.8) is 0 Å². The highest BCUT2D eigenvalue weighted by Gasteiger charge is 2.15. The second-order valence-electron chi connectivity index (χ2n) is 3.27. The average molecular weight is 166 g/mol. The smallest absolute Gasteiger partial charge is 0.0277 e. The summed E-state index contributed by atoms with van der Waals surface area (Å²) in [5.41, 5.74) is 6.57. The van der Waals surface area contributed by atoms with Crippen LogP contribution in [-0.2, 0) is 0 Å². The van der Waals surface area contributed by atoms with E-state index in [9.17, 15) is 0 Å². The summed E-state index contributed by atoms with van der Waals surface area (Å²) in [6, 6.07) is 0.566. The van der Waals surface area contributed by atoms with Gasteiger partial charge in [0, 0.05) is 6.04 Å². The lowest BCUT2D eigenvalue weighted by Crippen LogP contribution is -2.22. The van der Waals surface area contributed by atoms with Crippen LogP contribution in [0.25, 0.3) is 0 Å². The Bertz CT molecular complexity index is 167. The molecule has 68 valence electrons. The maximum atomic E-state index is 5.24. The SMILES string of the molecule is C=C(CC/C=C\N)C1CCCN1. The van der Waals surface area contributed by atoms with Crippen molar-refractivity contribution >= 4 is 0 Å². The molecule has 0 radical (unpaired) electrons. The van der Waals surface area contributed by atoms with E-state index in [1.807, 2.05) is 6.08 Å². The quantitative estimate of drug-likeness (QED) is 0.622. The number of hydrogen-bond acceptors (Lipinski definition) is 2. The van der Waals surface area contributed by atoms with Crippen LogP contribution in [0.1, 0.15) is 25.7 Å². The molecule has 0 aromatic rings. The summed E-state index contributed by atoms with van der Waals surface area (Å²) < 4.78 is 0. The van der Waals surface area contributed by atoms with Crippen LogP contribution >= 0.6 is 0 Å². The molecular weight excluding hydrogens is 148 g/mol. The van der Waals surface area contributed by atoms with Crippen molar-refractivity contribution in [1.29, 1.82) is 0 Å². The van der Waals surface area contributed by atoms with E-state index in [0.717, 1.165) is 19.4 Å². The molecule has 3 N–H and O–H groups in total. The summed E-state index contributed by atoms with van der Waals surface area (Å²) in [7, 11) is 0. The lowest BCUT2D eigenvalue weighted by molar-refractivity contribution is 0.661. The van der Waals surface area contributed by atoms with Gasteiger partial charge in [-0.3, -0.25) is 0 Å². The molecule has 0 aromatic heterocycles. The molecule has 0 spiro atoms. The minimum atomic E-state index is 0.566. The van der Waals surface area contributed by atoms with Crippen LogP contribution in [0.2, 0.25) is 0 Å². The normalized spacial score (nSPS) is 23.5. The zero-order valence-corrected chi connectivity index (χ0v) is 7.55. The van der Waals surface area contributed by atoms with Gasteiger partial charge in [0.15, 0.2) is 0 Å². The van der Waals surface area contributed by atoms with E-state index in [1.54, 1.807) is 6.20 Å². The third-order valence-electron chi connectivity index (χ3n) is 2.32. The molecule has 2 heteroatoms. The summed E-state index contributed by atoms with van der Waals surface area (Å²) in [6.45, 7) is 5.22. The fraction of sp³-hybridized carbons (Fsp3) is 0.600. The largest absolute Gasteiger partial charge is 0.405 e. The molecule has 1 heterocycles. The van der Waals surface area contributed by atoms with Gasteiger partial charge >= 0.3 is 0 Å². The predicted molar refractivity (Wildman–Crippen MR) is 52.7 cm³/mol. The second-order valence-corrected chi connectivity index (χ2v) is 3.27. The number of nitrogens with two attached hydrogens (primary N) is 1. The van der Waals surface area contributed by atoms with Crippen molar-refractivity contribution in [3.8, 4) is 0 Å². The molecule has 0 amide bonds. The first-order chi connectivity index (χ1) is 5.84. The van der Waals surface area contributed by atoms with E-state index in [4.69, 9.17) is 5.73 Å². The molecule has 1 rings (SSSR count). The summed E-state index contributed by atoms with van der Waals surface area (Å²) in [4.78, 5) is 0. The number of allylic oxidation sites excluding steroid dienone is 1. The van der Waals surface area contributed by atoms with Gasteiger partial charge in [-0.2, -0.15) is 0 Å². The van der Waals surface area contributed by atoms with E-state index < -0.39 is 0 Å². The van der Waals surface area contributed by atoms with Gasteiger partial charge in [-0.15, -0.1) is 0 Å². The van der Waals surface area contributed by atoms with Gasteiger partial charge in [0.05, 0.1) is 0 Å². The average Bonchev–Trinajstić information content (AvgIpc) is 2.56. The molecule has 1 aliphatic heterocycles. The van der Waals surface area contributed by atoms with E-state index in [1.165, 1.54) is 18.4 Å². The summed E-state index contributed by atoms with van der Waals surface area (Å²) in [5.74, 6) is 0. The first kappa shape index (κ1) is 9.33. The molecule has 12 heavy (non-hydrogen) atoms. The van der Waals surface area contributed by atoms with Crippen molar-refractivity contribution in [1.82, 2.24) is 5.32 Å². The third kappa shape index (κ3) is 2.70. The van der Waals surface area contributed by atoms with Gasteiger partial charge in [0.1, 0.15) is 0 Å². The van der Waals surface area contributed by atoms with Crippen molar-refractivity contribution in [2.24, 2.45) is 5.73 Å². The van der Waals surface area contributed by atoms with Crippen molar-refractivity contribution < 1.29 is 0 Å². The molecule has 1 atom stereocenters. The van der Waals surface area contributed by atoms with E-state index >= 15 is 0 Å². The van der Waals surface area contributed by atoms with Crippen LogP contribution in [0.4, 0.5) is 0 Å². The number of nitrogens with one attached hydrogen (secondary N) is 1. The van der Waals surface area contributed by atoms with Crippen molar-refractivity contribution in [3.05, 3.63) is 24.4 Å². The summed E-state index contributed by atoms with van der Waals surface area (Å²) >= 11 is 0. The maximum Gasteiger partial charge on any atom is 0.0277 e. The zero-order valence-electron chi connectivity index (χ0n) is 7.55. The van der Waals surface area contributed by atoms with Gasteiger partial charge in [-0.1, -0.05) is 18.2 Å². The van der Waals surface area contributed by atoms with Gasteiger partial charge < -0.3 is 11.1 Å². The maximum absolute atomic E-state index is 5.24. The van der Waals surface area contributed by atoms with E-state index in [2.05, 4.69) is 11.9 Å². The molecule has 0 aliphatic carbocycles. The second kappa shape index (κ2) is 4.99. The van der Waals surface area contributed by atoms with Gasteiger partial charge in [-0.25, -0.2) is 0 Å². The van der Waals surface area contributed by atoms with Crippen molar-refractivity contribution in [2.45, 2.75) is 31.7 Å². The molecule has 1 aliphatic rings. The Hall–Kier alpha value is -0.760.